The van der Waals surface area contributed by atoms with E-state index in [9.17, 15) is 4.79 Å². The molecule has 1 aliphatic heterocycles. The van der Waals surface area contributed by atoms with E-state index in [1.54, 1.807) is 0 Å². The van der Waals surface area contributed by atoms with Gasteiger partial charge in [0.2, 0.25) is 0 Å². The lowest BCUT2D eigenvalue weighted by Gasteiger charge is -1.90. The van der Waals surface area contributed by atoms with Crippen molar-refractivity contribution in [3.05, 3.63) is 0 Å². The van der Waals surface area contributed by atoms with Crippen molar-refractivity contribution in [3.8, 4) is 6.07 Å². The number of rotatable bonds is 0. The maximum Gasteiger partial charge on any atom is 0.149 e. The Bertz CT molecular complexity index is 147. The molecular weight excluding hydrogens is 104 g/mol. The fourth-order valence-electron chi connectivity index (χ4n) is 0.700. The summed E-state index contributed by atoms with van der Waals surface area (Å²) < 4.78 is 0. The van der Waals surface area contributed by atoms with Crippen LogP contribution >= 0.6 is 0 Å². The molecule has 3 heteroatoms. The van der Waals surface area contributed by atoms with Crippen LogP contribution in [0.5, 0.6) is 0 Å². The molecule has 1 N–H and O–H groups in total. The van der Waals surface area contributed by atoms with Gasteiger partial charge in [0, 0.05) is 6.42 Å². The summed E-state index contributed by atoms with van der Waals surface area (Å²) in [5, 5.41) is 11.0. The predicted octanol–water partition coefficient (Wildman–Crippen LogP) is -0.559. The Morgan fingerprint density at radius 3 is 2.88 bits per heavy atom. The van der Waals surface area contributed by atoms with Crippen LogP contribution in [0.3, 0.4) is 0 Å². The van der Waals surface area contributed by atoms with Gasteiger partial charge in [-0.2, -0.15) is 5.26 Å². The van der Waals surface area contributed by atoms with Crippen LogP contribution in [0.25, 0.3) is 0 Å². The Balaban J connectivity index is 2.47. The zero-order chi connectivity index (χ0) is 5.98. The highest BCUT2D eigenvalue weighted by molar-refractivity contribution is 5.83. The molecule has 1 heterocycles. The highest BCUT2D eigenvalue weighted by Crippen LogP contribution is 1.97. The molecule has 0 radical (unpaired) electrons. The molecular formula is C5H6N2O. The van der Waals surface area contributed by atoms with Gasteiger partial charge in [-0.3, -0.25) is 10.1 Å². The average molecular weight is 110 g/mol. The lowest BCUT2D eigenvalue weighted by atomic mass is 10.2. The summed E-state index contributed by atoms with van der Waals surface area (Å²) in [4.78, 5) is 10.4. The molecule has 1 saturated heterocycles. The second-order valence-corrected chi connectivity index (χ2v) is 1.81. The first-order chi connectivity index (χ1) is 3.83. The van der Waals surface area contributed by atoms with Crippen molar-refractivity contribution in [2.45, 2.75) is 12.5 Å². The smallest absolute Gasteiger partial charge is 0.149 e. The fourth-order valence-corrected chi connectivity index (χ4v) is 0.700. The molecule has 0 aromatic rings. The normalized spacial score (nSPS) is 27.9. The van der Waals surface area contributed by atoms with Gasteiger partial charge in [0.1, 0.15) is 11.8 Å². The van der Waals surface area contributed by atoms with Gasteiger partial charge in [-0.25, -0.2) is 0 Å². The number of ketones is 1. The van der Waals surface area contributed by atoms with Gasteiger partial charge in [0.25, 0.3) is 0 Å². The van der Waals surface area contributed by atoms with Gasteiger partial charge in [0.05, 0.1) is 12.6 Å². The Labute approximate surface area is 47.3 Å². The third kappa shape index (κ3) is 0.849. The van der Waals surface area contributed by atoms with Crippen molar-refractivity contribution in [2.75, 3.05) is 6.54 Å². The van der Waals surface area contributed by atoms with Crippen molar-refractivity contribution >= 4 is 5.78 Å². The van der Waals surface area contributed by atoms with E-state index in [4.69, 9.17) is 5.26 Å². The van der Waals surface area contributed by atoms with Gasteiger partial charge < -0.3 is 0 Å². The third-order valence-corrected chi connectivity index (χ3v) is 1.13. The Kier molecular flexibility index (Phi) is 1.27. The van der Waals surface area contributed by atoms with E-state index in [0.29, 0.717) is 13.0 Å². The average Bonchev–Trinajstić information content (AvgIpc) is 2.14. The molecule has 0 aliphatic carbocycles. The van der Waals surface area contributed by atoms with Crippen molar-refractivity contribution in [1.82, 2.24) is 5.32 Å². The van der Waals surface area contributed by atoms with Crippen LogP contribution in [0.15, 0.2) is 0 Å². The zero-order valence-electron chi connectivity index (χ0n) is 4.35. The number of carbonyl (C=O) groups is 1. The number of nitrogens with zero attached hydrogens (tertiary/aromatic N) is 1. The number of hydrogen-bond acceptors (Lipinski definition) is 3. The van der Waals surface area contributed by atoms with Crippen LogP contribution in [0.2, 0.25) is 0 Å². The topological polar surface area (TPSA) is 52.9 Å². The van der Waals surface area contributed by atoms with Crippen LogP contribution in [-0.2, 0) is 4.79 Å². The van der Waals surface area contributed by atoms with Crippen LogP contribution in [0, 0.1) is 11.3 Å². The van der Waals surface area contributed by atoms with E-state index in [0.717, 1.165) is 0 Å². The molecule has 1 fully saturated rings. The number of nitrogens with one attached hydrogen (secondary N) is 1. The summed E-state index contributed by atoms with van der Waals surface area (Å²) in [7, 11) is 0. The first kappa shape index (κ1) is 5.26. The third-order valence-electron chi connectivity index (χ3n) is 1.13. The van der Waals surface area contributed by atoms with Crippen molar-refractivity contribution in [1.29, 1.82) is 5.26 Å². The molecule has 1 unspecified atom stereocenters. The molecule has 0 saturated carbocycles. The molecule has 0 spiro atoms. The molecule has 1 rings (SSSR count). The minimum absolute atomic E-state index is 0.136. The van der Waals surface area contributed by atoms with E-state index in [1.165, 1.54) is 0 Å². The van der Waals surface area contributed by atoms with Crippen molar-refractivity contribution in [3.63, 3.8) is 0 Å². The maximum absolute atomic E-state index is 10.4. The molecule has 0 bridgehead atoms. The lowest BCUT2D eigenvalue weighted by Crippen LogP contribution is -2.18. The zero-order valence-corrected chi connectivity index (χ0v) is 4.35. The maximum atomic E-state index is 10.4. The number of Topliss-reactive ketones (excluding diaryl/α,β-unsaturated/α-hetero) is 1. The monoisotopic (exact) mass is 110 g/mol. The van der Waals surface area contributed by atoms with Crippen LogP contribution in [0.4, 0.5) is 0 Å². The summed E-state index contributed by atoms with van der Waals surface area (Å²) in [5.41, 5.74) is 0. The second-order valence-electron chi connectivity index (χ2n) is 1.81. The summed E-state index contributed by atoms with van der Waals surface area (Å²) >= 11 is 0. The molecule has 3 nitrogen and oxygen atoms in total. The molecule has 1 atom stereocenters. The van der Waals surface area contributed by atoms with E-state index in [-0.39, 0.29) is 11.8 Å². The standard InChI is InChI=1S/C5H6N2O/c6-2-4-1-5(8)3-7-4/h4,7H,1,3H2. The summed E-state index contributed by atoms with van der Waals surface area (Å²) in [6, 6.07) is 1.74. The Hall–Kier alpha value is -0.880. The molecule has 1 aliphatic rings. The van der Waals surface area contributed by atoms with Crippen LogP contribution < -0.4 is 5.32 Å². The van der Waals surface area contributed by atoms with Crippen LogP contribution in [0.1, 0.15) is 6.42 Å². The van der Waals surface area contributed by atoms with Gasteiger partial charge in [-0.05, 0) is 0 Å². The number of carbonyl (C=O) groups excluding carboxylic acids is 1. The summed E-state index contributed by atoms with van der Waals surface area (Å²) in [5.74, 6) is 0.136. The molecule has 0 aromatic heterocycles. The highest BCUT2D eigenvalue weighted by Gasteiger charge is 2.19. The van der Waals surface area contributed by atoms with Crippen molar-refractivity contribution in [2.24, 2.45) is 0 Å². The minimum Gasteiger partial charge on any atom is -0.298 e. The Morgan fingerprint density at radius 2 is 2.62 bits per heavy atom. The SMILES string of the molecule is N#CC1CC(=O)CN1. The summed E-state index contributed by atoms with van der Waals surface area (Å²) in [6.45, 7) is 0.373. The number of nitriles is 1. The van der Waals surface area contributed by atoms with Gasteiger partial charge in [-0.1, -0.05) is 0 Å². The number of hydrogen-bond donors (Lipinski definition) is 1. The van der Waals surface area contributed by atoms with Crippen LogP contribution in [-0.4, -0.2) is 18.4 Å². The van der Waals surface area contributed by atoms with Gasteiger partial charge >= 0.3 is 0 Å². The minimum atomic E-state index is -0.220. The lowest BCUT2D eigenvalue weighted by molar-refractivity contribution is -0.116. The largest absolute Gasteiger partial charge is 0.298 e. The molecule has 0 aromatic carbocycles. The second kappa shape index (κ2) is 1.93. The highest BCUT2D eigenvalue weighted by atomic mass is 16.1. The van der Waals surface area contributed by atoms with Gasteiger partial charge in [0.15, 0.2) is 0 Å². The molecule has 42 valence electrons. The van der Waals surface area contributed by atoms with E-state index >= 15 is 0 Å². The fraction of sp³-hybridized carbons (Fsp3) is 0.600. The summed E-state index contributed by atoms with van der Waals surface area (Å²) in [6.07, 6.45) is 0.385. The van der Waals surface area contributed by atoms with Crippen molar-refractivity contribution < 1.29 is 4.79 Å². The quantitative estimate of drug-likeness (QED) is 0.454. The molecule has 0 amide bonds. The first-order valence-corrected chi connectivity index (χ1v) is 2.47. The van der Waals surface area contributed by atoms with E-state index in [2.05, 4.69) is 5.32 Å². The van der Waals surface area contributed by atoms with E-state index < -0.39 is 0 Å². The first-order valence-electron chi connectivity index (χ1n) is 2.47. The van der Waals surface area contributed by atoms with Gasteiger partial charge in [-0.15, -0.1) is 0 Å². The van der Waals surface area contributed by atoms with E-state index in [1.807, 2.05) is 6.07 Å². The predicted molar refractivity (Wildman–Crippen MR) is 27.0 cm³/mol. The Morgan fingerprint density at radius 1 is 1.88 bits per heavy atom. The molecule has 8 heavy (non-hydrogen) atoms.